The number of nitrogens with one attached hydrogen (secondary N) is 1. The van der Waals surface area contributed by atoms with Gasteiger partial charge in [-0.1, -0.05) is 11.8 Å². The van der Waals surface area contributed by atoms with Crippen LogP contribution in [0.1, 0.15) is 17.1 Å². The zero-order valence-electron chi connectivity index (χ0n) is 16.0. The number of rotatable bonds is 5. The monoisotopic (exact) mass is 411 g/mol. The minimum absolute atomic E-state index is 0.128. The first kappa shape index (κ1) is 19.1. The van der Waals surface area contributed by atoms with Crippen molar-refractivity contribution in [1.29, 1.82) is 0 Å². The van der Waals surface area contributed by atoms with Crippen molar-refractivity contribution in [1.82, 2.24) is 29.4 Å². The van der Waals surface area contributed by atoms with Crippen molar-refractivity contribution < 1.29 is 9.18 Å². The number of amides is 1. The third kappa shape index (κ3) is 4.11. The van der Waals surface area contributed by atoms with E-state index in [0.717, 1.165) is 17.1 Å². The Morgan fingerprint density at radius 1 is 1.07 bits per heavy atom. The summed E-state index contributed by atoms with van der Waals surface area (Å²) in [6, 6.07) is 9.57. The van der Waals surface area contributed by atoms with Gasteiger partial charge >= 0.3 is 0 Å². The number of anilines is 1. The van der Waals surface area contributed by atoms with Crippen molar-refractivity contribution in [3.63, 3.8) is 0 Å². The van der Waals surface area contributed by atoms with Crippen molar-refractivity contribution in [2.75, 3.05) is 11.1 Å². The summed E-state index contributed by atoms with van der Waals surface area (Å²) in [7, 11) is 0. The number of hydrogen-bond acceptors (Lipinski definition) is 6. The molecule has 1 amide bonds. The molecule has 1 N–H and O–H groups in total. The number of nitrogens with zero attached hydrogens (tertiary/aromatic N) is 6. The molecule has 3 heterocycles. The number of aryl methyl sites for hydroxylation is 3. The van der Waals surface area contributed by atoms with Crippen molar-refractivity contribution >= 4 is 29.3 Å². The molecule has 3 aromatic heterocycles. The first-order valence-electron chi connectivity index (χ1n) is 8.85. The highest BCUT2D eigenvalue weighted by atomic mass is 32.2. The van der Waals surface area contributed by atoms with Gasteiger partial charge in [0.05, 0.1) is 17.1 Å². The van der Waals surface area contributed by atoms with Crippen molar-refractivity contribution in [3.8, 4) is 5.69 Å². The number of aromatic nitrogens is 6. The summed E-state index contributed by atoms with van der Waals surface area (Å²) in [5.41, 5.74) is 3.17. The highest BCUT2D eigenvalue weighted by molar-refractivity contribution is 7.99. The normalized spacial score (nSPS) is 11.2. The van der Waals surface area contributed by atoms with Gasteiger partial charge in [-0.15, -0.1) is 5.10 Å². The van der Waals surface area contributed by atoms with E-state index in [2.05, 4.69) is 25.5 Å². The summed E-state index contributed by atoms with van der Waals surface area (Å²) < 4.78 is 16.4. The molecule has 0 aliphatic carbocycles. The maximum absolute atomic E-state index is 13.2. The summed E-state index contributed by atoms with van der Waals surface area (Å²) >= 11 is 1.22. The second-order valence-corrected chi connectivity index (χ2v) is 7.48. The molecule has 0 spiro atoms. The average Bonchev–Trinajstić information content (AvgIpc) is 3.24. The summed E-state index contributed by atoms with van der Waals surface area (Å²) in [6.07, 6.45) is 0. The van der Waals surface area contributed by atoms with E-state index in [1.165, 1.54) is 23.9 Å². The maximum atomic E-state index is 13.2. The number of fused-ring (bicyclic) bond motifs is 1. The number of carbonyl (C=O) groups excluding carboxylic acids is 1. The molecule has 10 heteroatoms. The predicted molar refractivity (Wildman–Crippen MR) is 108 cm³/mol. The smallest absolute Gasteiger partial charge is 0.253 e. The molecule has 0 aliphatic rings. The fraction of sp³-hybridized carbons (Fsp3) is 0.211. The van der Waals surface area contributed by atoms with Gasteiger partial charge in [0, 0.05) is 17.5 Å². The standard InChI is InChI=1S/C19H18FN7OS/c1-11-8-13(3)26-18(21-11)23-19(25-26)29-10-17(28)22-16-9-12(2)24-27(16)15-6-4-14(20)5-7-15/h4-9H,10H2,1-3H3,(H,22,28). The fourth-order valence-electron chi connectivity index (χ4n) is 2.89. The van der Waals surface area contributed by atoms with Crippen LogP contribution in [0.25, 0.3) is 11.5 Å². The Hall–Kier alpha value is -3.27. The van der Waals surface area contributed by atoms with Crippen LogP contribution in [0.4, 0.5) is 10.2 Å². The van der Waals surface area contributed by atoms with Gasteiger partial charge in [-0.05, 0) is 51.1 Å². The quantitative estimate of drug-likeness (QED) is 0.508. The van der Waals surface area contributed by atoms with Gasteiger partial charge in [0.25, 0.3) is 5.78 Å². The van der Waals surface area contributed by atoms with E-state index in [-0.39, 0.29) is 17.5 Å². The lowest BCUT2D eigenvalue weighted by molar-refractivity contribution is -0.113. The van der Waals surface area contributed by atoms with Crippen molar-refractivity contribution in [3.05, 3.63) is 59.3 Å². The summed E-state index contributed by atoms with van der Waals surface area (Å²) in [5.74, 6) is 0.589. The molecule has 29 heavy (non-hydrogen) atoms. The highest BCUT2D eigenvalue weighted by Gasteiger charge is 2.14. The molecule has 4 aromatic rings. The zero-order chi connectivity index (χ0) is 20.5. The number of benzene rings is 1. The average molecular weight is 411 g/mol. The molecule has 0 saturated heterocycles. The second-order valence-electron chi connectivity index (χ2n) is 6.54. The second kappa shape index (κ2) is 7.63. The lowest BCUT2D eigenvalue weighted by atomic mass is 10.3. The van der Waals surface area contributed by atoms with Gasteiger partial charge in [-0.3, -0.25) is 4.79 Å². The SMILES string of the molecule is Cc1cc(C)n2nc(SCC(=O)Nc3cc(C)nn3-c3ccc(F)cc3)nc2n1. The summed E-state index contributed by atoms with van der Waals surface area (Å²) in [4.78, 5) is 21.2. The Morgan fingerprint density at radius 3 is 2.59 bits per heavy atom. The Morgan fingerprint density at radius 2 is 1.83 bits per heavy atom. The first-order valence-corrected chi connectivity index (χ1v) is 9.84. The van der Waals surface area contributed by atoms with E-state index < -0.39 is 0 Å². The van der Waals surface area contributed by atoms with Gasteiger partial charge in [-0.2, -0.15) is 10.1 Å². The van der Waals surface area contributed by atoms with Crippen LogP contribution in [0.2, 0.25) is 0 Å². The molecule has 0 aliphatic heterocycles. The molecular formula is C19H18FN7OS. The molecule has 0 radical (unpaired) electrons. The van der Waals surface area contributed by atoms with Crippen molar-refractivity contribution in [2.45, 2.75) is 25.9 Å². The van der Waals surface area contributed by atoms with E-state index in [0.29, 0.717) is 22.4 Å². The Bertz CT molecular complexity index is 1200. The van der Waals surface area contributed by atoms with Gasteiger partial charge in [0.1, 0.15) is 11.6 Å². The van der Waals surface area contributed by atoms with Gasteiger partial charge < -0.3 is 5.32 Å². The molecule has 0 unspecified atom stereocenters. The number of carbonyl (C=O) groups is 1. The molecule has 8 nitrogen and oxygen atoms in total. The molecular weight excluding hydrogens is 393 g/mol. The van der Waals surface area contributed by atoms with E-state index >= 15 is 0 Å². The predicted octanol–water partition coefficient (Wildman–Crippen LogP) is 3.11. The minimum atomic E-state index is -0.334. The molecule has 148 valence electrons. The molecule has 0 fully saturated rings. The molecule has 4 rings (SSSR count). The number of hydrogen-bond donors (Lipinski definition) is 1. The van der Waals surface area contributed by atoms with Gasteiger partial charge in [0.15, 0.2) is 0 Å². The van der Waals surface area contributed by atoms with Crippen LogP contribution in [-0.2, 0) is 4.79 Å². The van der Waals surface area contributed by atoms with Gasteiger partial charge in [-0.25, -0.2) is 18.6 Å². The van der Waals surface area contributed by atoms with Gasteiger partial charge in [0.2, 0.25) is 11.1 Å². The van der Waals surface area contributed by atoms with Crippen LogP contribution in [-0.4, -0.2) is 41.0 Å². The topological polar surface area (TPSA) is 90.0 Å². The molecule has 0 atom stereocenters. The summed E-state index contributed by atoms with van der Waals surface area (Å²) in [6.45, 7) is 5.65. The molecule has 0 bridgehead atoms. The third-order valence-electron chi connectivity index (χ3n) is 4.10. The Labute approximate surface area is 170 Å². The van der Waals surface area contributed by atoms with E-state index in [9.17, 15) is 9.18 Å². The number of halogens is 1. The van der Waals surface area contributed by atoms with Crippen LogP contribution >= 0.6 is 11.8 Å². The first-order chi connectivity index (χ1) is 13.9. The largest absolute Gasteiger partial charge is 0.310 e. The van der Waals surface area contributed by atoms with Crippen LogP contribution in [0.15, 0.2) is 41.6 Å². The highest BCUT2D eigenvalue weighted by Crippen LogP contribution is 2.19. The third-order valence-corrected chi connectivity index (χ3v) is 4.94. The Kier molecular flexibility index (Phi) is 5.01. The maximum Gasteiger partial charge on any atom is 0.253 e. The van der Waals surface area contributed by atoms with Crippen LogP contribution in [0, 0.1) is 26.6 Å². The molecule has 0 saturated carbocycles. The lowest BCUT2D eigenvalue weighted by Gasteiger charge is -2.08. The Balaban J connectivity index is 1.47. The van der Waals surface area contributed by atoms with E-state index in [4.69, 9.17) is 0 Å². The van der Waals surface area contributed by atoms with E-state index in [1.54, 1.807) is 27.4 Å². The number of thioether (sulfide) groups is 1. The fourth-order valence-corrected chi connectivity index (χ4v) is 3.50. The summed E-state index contributed by atoms with van der Waals surface area (Å²) in [5, 5.41) is 12.1. The molecule has 1 aromatic carbocycles. The van der Waals surface area contributed by atoms with E-state index in [1.807, 2.05) is 26.8 Å². The van der Waals surface area contributed by atoms with Crippen LogP contribution in [0.3, 0.4) is 0 Å². The lowest BCUT2D eigenvalue weighted by Crippen LogP contribution is -2.17. The van der Waals surface area contributed by atoms with Crippen LogP contribution < -0.4 is 5.32 Å². The van der Waals surface area contributed by atoms with Crippen LogP contribution in [0.5, 0.6) is 0 Å². The minimum Gasteiger partial charge on any atom is -0.310 e. The van der Waals surface area contributed by atoms with Crippen molar-refractivity contribution in [2.24, 2.45) is 0 Å². The zero-order valence-corrected chi connectivity index (χ0v) is 16.9.